The number of imidazole rings is 1. The van der Waals surface area contributed by atoms with Crippen molar-refractivity contribution < 1.29 is 0 Å². The molecule has 0 fully saturated rings. The number of fused-ring (bicyclic) bond motifs is 1. The number of H-pyrrole nitrogens is 1. The molecule has 2 aromatic carbocycles. The fourth-order valence-electron chi connectivity index (χ4n) is 2.94. The maximum atomic E-state index is 4.60. The molecule has 0 aliphatic heterocycles. The number of hydrogen-bond acceptors (Lipinski definition) is 2. The average molecular weight is 477 g/mol. The van der Waals surface area contributed by atoms with E-state index < -0.39 is 0 Å². The zero-order valence-corrected chi connectivity index (χ0v) is 18.5. The lowest BCUT2D eigenvalue weighted by Gasteiger charge is -2.26. The summed E-state index contributed by atoms with van der Waals surface area (Å²) in [6.45, 7) is 6.04. The van der Waals surface area contributed by atoms with Crippen LogP contribution in [0.1, 0.15) is 25.2 Å². The molecule has 0 amide bonds. The predicted octanol–water partition coefficient (Wildman–Crippen LogP) is 3.87. The number of benzene rings is 2. The van der Waals surface area contributed by atoms with Crippen molar-refractivity contribution in [2.24, 2.45) is 4.99 Å². The zero-order chi connectivity index (χ0) is 18.4. The van der Waals surface area contributed by atoms with Gasteiger partial charge >= 0.3 is 0 Å². The third kappa shape index (κ3) is 5.69. The number of guanidine groups is 1. The van der Waals surface area contributed by atoms with Gasteiger partial charge < -0.3 is 15.6 Å². The van der Waals surface area contributed by atoms with Gasteiger partial charge in [-0.2, -0.15) is 0 Å². The summed E-state index contributed by atoms with van der Waals surface area (Å²) >= 11 is 0. The number of nitrogens with one attached hydrogen (secondary N) is 3. The van der Waals surface area contributed by atoms with Crippen LogP contribution in [0.2, 0.25) is 0 Å². The largest absolute Gasteiger partial charge is 0.356 e. The molecule has 0 aliphatic carbocycles. The maximum absolute atomic E-state index is 4.60. The first-order valence-electron chi connectivity index (χ1n) is 9.02. The molecule has 3 aromatic rings. The van der Waals surface area contributed by atoms with Gasteiger partial charge in [0.05, 0.1) is 11.0 Å². The van der Waals surface area contributed by atoms with Crippen LogP contribution < -0.4 is 10.6 Å². The lowest BCUT2D eigenvalue weighted by Crippen LogP contribution is -2.44. The van der Waals surface area contributed by atoms with Gasteiger partial charge in [-0.05, 0) is 17.7 Å². The molecule has 1 aromatic heterocycles. The molecule has 5 nitrogen and oxygen atoms in total. The van der Waals surface area contributed by atoms with E-state index in [1.54, 1.807) is 7.05 Å². The van der Waals surface area contributed by atoms with Gasteiger partial charge in [-0.15, -0.1) is 24.0 Å². The second-order valence-electron chi connectivity index (χ2n) is 7.05. The first-order valence-corrected chi connectivity index (χ1v) is 9.02. The molecular formula is C21H28IN5. The van der Waals surface area contributed by atoms with Crippen LogP contribution in [0.3, 0.4) is 0 Å². The summed E-state index contributed by atoms with van der Waals surface area (Å²) in [6, 6.07) is 18.6. The van der Waals surface area contributed by atoms with E-state index in [1.165, 1.54) is 5.56 Å². The monoisotopic (exact) mass is 477 g/mol. The van der Waals surface area contributed by atoms with E-state index in [9.17, 15) is 0 Å². The van der Waals surface area contributed by atoms with Gasteiger partial charge in [-0.3, -0.25) is 4.99 Å². The van der Waals surface area contributed by atoms with Crippen molar-refractivity contribution >= 4 is 41.0 Å². The second-order valence-corrected chi connectivity index (χ2v) is 7.05. The number of para-hydroxylation sites is 2. The Morgan fingerprint density at radius 3 is 2.44 bits per heavy atom. The van der Waals surface area contributed by atoms with Gasteiger partial charge in [0.2, 0.25) is 0 Å². The van der Waals surface area contributed by atoms with Crippen LogP contribution in [0.5, 0.6) is 0 Å². The fraction of sp³-hybridized carbons (Fsp3) is 0.333. The predicted molar refractivity (Wildman–Crippen MR) is 124 cm³/mol. The van der Waals surface area contributed by atoms with Crippen molar-refractivity contribution in [2.45, 2.75) is 25.7 Å². The van der Waals surface area contributed by atoms with E-state index in [0.717, 1.165) is 42.3 Å². The van der Waals surface area contributed by atoms with Gasteiger partial charge in [0, 0.05) is 32.0 Å². The molecule has 27 heavy (non-hydrogen) atoms. The molecule has 0 saturated heterocycles. The van der Waals surface area contributed by atoms with E-state index in [2.05, 4.69) is 63.7 Å². The number of halogens is 1. The quantitative estimate of drug-likeness (QED) is 0.287. The third-order valence-corrected chi connectivity index (χ3v) is 4.57. The van der Waals surface area contributed by atoms with Crippen LogP contribution in [-0.4, -0.2) is 36.1 Å². The molecule has 3 rings (SSSR count). The van der Waals surface area contributed by atoms with Crippen molar-refractivity contribution in [3.63, 3.8) is 0 Å². The fourth-order valence-corrected chi connectivity index (χ4v) is 2.94. The smallest absolute Gasteiger partial charge is 0.191 e. The molecule has 0 spiro atoms. The Labute approximate surface area is 178 Å². The summed E-state index contributed by atoms with van der Waals surface area (Å²) in [5.74, 6) is 1.80. The van der Waals surface area contributed by atoms with Crippen molar-refractivity contribution in [2.75, 3.05) is 20.1 Å². The average Bonchev–Trinajstić information content (AvgIpc) is 3.08. The Kier molecular flexibility index (Phi) is 7.65. The number of aromatic amines is 1. The van der Waals surface area contributed by atoms with E-state index in [-0.39, 0.29) is 29.4 Å². The van der Waals surface area contributed by atoms with Crippen LogP contribution in [0, 0.1) is 0 Å². The van der Waals surface area contributed by atoms with Crippen molar-refractivity contribution in [3.05, 3.63) is 66.0 Å². The van der Waals surface area contributed by atoms with Gasteiger partial charge in [0.1, 0.15) is 5.82 Å². The lowest BCUT2D eigenvalue weighted by atomic mass is 9.85. The Balaban J connectivity index is 0.00000261. The van der Waals surface area contributed by atoms with Gasteiger partial charge in [-0.25, -0.2) is 4.98 Å². The SMILES string of the molecule is CN=C(NCCc1nc2ccccc2[nH]1)NCC(C)(C)c1ccccc1.I. The molecule has 0 saturated carbocycles. The van der Waals surface area contributed by atoms with Crippen molar-refractivity contribution in [1.82, 2.24) is 20.6 Å². The van der Waals surface area contributed by atoms with Crippen molar-refractivity contribution in [3.8, 4) is 0 Å². The van der Waals surface area contributed by atoms with Crippen molar-refractivity contribution in [1.29, 1.82) is 0 Å². The summed E-state index contributed by atoms with van der Waals surface area (Å²) in [4.78, 5) is 12.3. The molecule has 3 N–H and O–H groups in total. The minimum atomic E-state index is 0. The number of aliphatic imine (C=N–C) groups is 1. The van der Waals surface area contributed by atoms with Crippen LogP contribution in [-0.2, 0) is 11.8 Å². The maximum Gasteiger partial charge on any atom is 0.191 e. The van der Waals surface area contributed by atoms with E-state index >= 15 is 0 Å². The number of hydrogen-bond donors (Lipinski definition) is 3. The Morgan fingerprint density at radius 2 is 1.74 bits per heavy atom. The standard InChI is InChI=1S/C21H27N5.HI/c1-21(2,16-9-5-4-6-10-16)15-24-20(22-3)23-14-13-19-25-17-11-7-8-12-18(17)26-19;/h4-12H,13-15H2,1-3H3,(H,25,26)(H2,22,23,24);1H. The summed E-state index contributed by atoms with van der Waals surface area (Å²) < 4.78 is 0. The van der Waals surface area contributed by atoms with Crippen LogP contribution in [0.15, 0.2) is 59.6 Å². The van der Waals surface area contributed by atoms with Gasteiger partial charge in [-0.1, -0.05) is 56.3 Å². The van der Waals surface area contributed by atoms with E-state index in [0.29, 0.717) is 0 Å². The highest BCUT2D eigenvalue weighted by molar-refractivity contribution is 14.0. The first kappa shape index (κ1) is 21.2. The molecule has 144 valence electrons. The van der Waals surface area contributed by atoms with Crippen LogP contribution in [0.4, 0.5) is 0 Å². The highest BCUT2D eigenvalue weighted by Gasteiger charge is 2.20. The van der Waals surface area contributed by atoms with E-state index in [1.807, 2.05) is 30.3 Å². The molecule has 0 aliphatic rings. The molecular weight excluding hydrogens is 449 g/mol. The van der Waals surface area contributed by atoms with E-state index in [4.69, 9.17) is 0 Å². The molecule has 1 heterocycles. The topological polar surface area (TPSA) is 65.1 Å². The number of aromatic nitrogens is 2. The Morgan fingerprint density at radius 1 is 1.04 bits per heavy atom. The molecule has 6 heteroatoms. The number of rotatable bonds is 6. The Hall–Kier alpha value is -2.09. The normalized spacial score (nSPS) is 11.9. The minimum Gasteiger partial charge on any atom is -0.356 e. The highest BCUT2D eigenvalue weighted by Crippen LogP contribution is 2.21. The number of nitrogens with zero attached hydrogens (tertiary/aromatic N) is 2. The molecule has 0 unspecified atom stereocenters. The molecule has 0 atom stereocenters. The highest BCUT2D eigenvalue weighted by atomic mass is 127. The third-order valence-electron chi connectivity index (χ3n) is 4.57. The van der Waals surface area contributed by atoms with Crippen LogP contribution >= 0.6 is 24.0 Å². The lowest BCUT2D eigenvalue weighted by molar-refractivity contribution is 0.508. The zero-order valence-electron chi connectivity index (χ0n) is 16.1. The second kappa shape index (κ2) is 9.73. The summed E-state index contributed by atoms with van der Waals surface area (Å²) in [5.41, 5.74) is 3.42. The first-order chi connectivity index (χ1) is 12.6. The van der Waals surface area contributed by atoms with Crippen LogP contribution in [0.25, 0.3) is 11.0 Å². The van der Waals surface area contributed by atoms with Gasteiger partial charge in [0.25, 0.3) is 0 Å². The Bertz CT molecular complexity index is 837. The summed E-state index contributed by atoms with van der Waals surface area (Å²) in [5, 5.41) is 6.79. The summed E-state index contributed by atoms with van der Waals surface area (Å²) in [7, 11) is 1.80. The summed E-state index contributed by atoms with van der Waals surface area (Å²) in [6.07, 6.45) is 0.817. The minimum absolute atomic E-state index is 0. The molecule has 0 radical (unpaired) electrons. The molecule has 0 bridgehead atoms. The van der Waals surface area contributed by atoms with Gasteiger partial charge in [0.15, 0.2) is 5.96 Å².